The number of anilines is 1. The van der Waals surface area contributed by atoms with Crippen molar-refractivity contribution in [2.75, 3.05) is 5.73 Å². The van der Waals surface area contributed by atoms with Crippen molar-refractivity contribution in [1.82, 2.24) is 0 Å². The van der Waals surface area contributed by atoms with Gasteiger partial charge in [0.05, 0.1) is 0 Å². The maximum atomic E-state index is 10.1. The van der Waals surface area contributed by atoms with Crippen molar-refractivity contribution in [2.24, 2.45) is 10.9 Å². The minimum absolute atomic E-state index is 0.458. The summed E-state index contributed by atoms with van der Waals surface area (Å²) in [6.45, 7) is 0. The summed E-state index contributed by atoms with van der Waals surface area (Å²) in [4.78, 5) is 10.8. The third kappa shape index (κ3) is 1.75. The van der Waals surface area contributed by atoms with E-state index in [1.165, 1.54) is 0 Å². The fraction of sp³-hybridized carbons (Fsp3) is 0.143. The second-order valence-corrected chi connectivity index (χ2v) is 2.88. The number of hydrogen-bond acceptors (Lipinski definition) is 5. The average molecular weight is 183 g/mol. The first-order valence-corrected chi connectivity index (χ1v) is 3.76. The number of thiol groups is 1. The molecule has 1 aromatic rings. The van der Waals surface area contributed by atoms with Crippen LogP contribution in [-0.4, -0.2) is 0 Å². The molecule has 4 N–H and O–H groups in total. The largest absolute Gasteiger partial charge is 0.398 e. The monoisotopic (exact) mass is 183 g/mol. The molecule has 0 aromatic heterocycles. The van der Waals surface area contributed by atoms with Crippen LogP contribution in [0.25, 0.3) is 0 Å². The molecule has 0 amide bonds. The predicted octanol–water partition coefficient (Wildman–Crippen LogP) is 1.28. The lowest BCUT2D eigenvalue weighted by Crippen LogP contribution is -2.09. The normalized spacial score (nSPS) is 12.5. The smallest absolute Gasteiger partial charge is 0.167 e. The van der Waals surface area contributed by atoms with Crippen molar-refractivity contribution in [1.29, 1.82) is 0 Å². The molecule has 1 atom stereocenters. The molecule has 1 aromatic carbocycles. The van der Waals surface area contributed by atoms with E-state index in [1.807, 2.05) is 0 Å². The van der Waals surface area contributed by atoms with Crippen LogP contribution in [0.3, 0.4) is 0 Å². The summed E-state index contributed by atoms with van der Waals surface area (Å²) in [6.07, 6.45) is -0.905. The Morgan fingerprint density at radius 3 is 2.75 bits per heavy atom. The van der Waals surface area contributed by atoms with Gasteiger partial charge in [0.2, 0.25) is 0 Å². The van der Waals surface area contributed by atoms with Gasteiger partial charge in [-0.15, -0.1) is 17.5 Å². The van der Waals surface area contributed by atoms with Crippen molar-refractivity contribution in [2.45, 2.75) is 11.1 Å². The fourth-order valence-corrected chi connectivity index (χ4v) is 1.09. The molecule has 12 heavy (non-hydrogen) atoms. The summed E-state index contributed by atoms with van der Waals surface area (Å²) in [5.41, 5.74) is 11.9. The number of nitroso groups, excluding NO2 is 1. The topological polar surface area (TPSA) is 81.5 Å². The standard InChI is InChI=1S/C7H9N3OS/c8-6-2-1-4(12)3-5(6)7(9)10-11/h1-3,7,12H,8-9H2. The lowest BCUT2D eigenvalue weighted by molar-refractivity contribution is 0.768. The zero-order valence-electron chi connectivity index (χ0n) is 6.27. The van der Waals surface area contributed by atoms with Crippen LogP contribution in [0.4, 0.5) is 5.69 Å². The second-order valence-electron chi connectivity index (χ2n) is 2.36. The first-order valence-electron chi connectivity index (χ1n) is 3.31. The van der Waals surface area contributed by atoms with E-state index in [9.17, 15) is 4.91 Å². The Bertz CT molecular complexity index is 303. The highest BCUT2D eigenvalue weighted by Gasteiger charge is 2.08. The minimum atomic E-state index is -0.905. The van der Waals surface area contributed by atoms with E-state index >= 15 is 0 Å². The molecule has 64 valence electrons. The molecule has 1 rings (SSSR count). The van der Waals surface area contributed by atoms with Gasteiger partial charge in [0.25, 0.3) is 0 Å². The molecule has 1 unspecified atom stereocenters. The molecule has 0 aliphatic heterocycles. The molecular formula is C7H9N3OS. The van der Waals surface area contributed by atoms with Crippen LogP contribution < -0.4 is 11.5 Å². The zero-order chi connectivity index (χ0) is 9.14. The number of hydrogen-bond donors (Lipinski definition) is 3. The number of nitrogen functional groups attached to an aromatic ring is 1. The van der Waals surface area contributed by atoms with Crippen molar-refractivity contribution in [3.8, 4) is 0 Å². The van der Waals surface area contributed by atoms with Gasteiger partial charge in [-0.2, -0.15) is 0 Å². The summed E-state index contributed by atoms with van der Waals surface area (Å²) < 4.78 is 0. The lowest BCUT2D eigenvalue weighted by atomic mass is 10.1. The molecule has 0 saturated carbocycles. The Kier molecular flexibility index (Phi) is 2.67. The number of nitrogens with zero attached hydrogens (tertiary/aromatic N) is 1. The number of benzene rings is 1. The summed E-state index contributed by atoms with van der Waals surface area (Å²) in [5, 5.41) is 2.67. The molecule has 0 saturated heterocycles. The van der Waals surface area contributed by atoms with Gasteiger partial charge in [0, 0.05) is 16.1 Å². The maximum absolute atomic E-state index is 10.1. The first-order chi connectivity index (χ1) is 5.65. The molecule has 0 aliphatic rings. The van der Waals surface area contributed by atoms with Crippen molar-refractivity contribution >= 4 is 18.3 Å². The van der Waals surface area contributed by atoms with Crippen molar-refractivity contribution in [3.63, 3.8) is 0 Å². The summed E-state index contributed by atoms with van der Waals surface area (Å²) in [7, 11) is 0. The van der Waals surface area contributed by atoms with E-state index in [4.69, 9.17) is 11.5 Å². The minimum Gasteiger partial charge on any atom is -0.398 e. The average Bonchev–Trinajstić information content (AvgIpc) is 2.08. The van der Waals surface area contributed by atoms with E-state index < -0.39 is 6.17 Å². The zero-order valence-corrected chi connectivity index (χ0v) is 7.16. The Labute approximate surface area is 75.3 Å². The van der Waals surface area contributed by atoms with Crippen molar-refractivity contribution in [3.05, 3.63) is 28.7 Å². The maximum Gasteiger partial charge on any atom is 0.167 e. The molecule has 0 radical (unpaired) electrons. The van der Waals surface area contributed by atoms with Gasteiger partial charge in [0.1, 0.15) is 0 Å². The van der Waals surface area contributed by atoms with Crippen LogP contribution in [0.2, 0.25) is 0 Å². The second kappa shape index (κ2) is 3.55. The van der Waals surface area contributed by atoms with Gasteiger partial charge in [-0.25, -0.2) is 0 Å². The molecule has 4 nitrogen and oxygen atoms in total. The van der Waals surface area contributed by atoms with E-state index in [1.54, 1.807) is 18.2 Å². The Balaban J connectivity index is 3.12. The third-order valence-electron chi connectivity index (χ3n) is 1.50. The molecule has 0 heterocycles. The van der Waals surface area contributed by atoms with Crippen LogP contribution in [-0.2, 0) is 0 Å². The van der Waals surface area contributed by atoms with Crippen molar-refractivity contribution < 1.29 is 0 Å². The summed E-state index contributed by atoms with van der Waals surface area (Å²) in [6, 6.07) is 4.99. The van der Waals surface area contributed by atoms with Gasteiger partial charge < -0.3 is 11.5 Å². The molecule has 5 heteroatoms. The SMILES string of the molecule is Nc1ccc(S)cc1C(N)N=O. The van der Waals surface area contributed by atoms with E-state index in [2.05, 4.69) is 17.8 Å². The van der Waals surface area contributed by atoms with Gasteiger partial charge in [-0.3, -0.25) is 0 Å². The Morgan fingerprint density at radius 1 is 1.50 bits per heavy atom. The van der Waals surface area contributed by atoms with Crippen LogP contribution in [0.15, 0.2) is 28.3 Å². The van der Waals surface area contributed by atoms with Crippen LogP contribution in [0, 0.1) is 4.91 Å². The van der Waals surface area contributed by atoms with E-state index in [0.717, 1.165) is 0 Å². The van der Waals surface area contributed by atoms with Crippen LogP contribution in [0.5, 0.6) is 0 Å². The molecule has 0 aliphatic carbocycles. The Morgan fingerprint density at radius 2 is 2.17 bits per heavy atom. The molecular weight excluding hydrogens is 174 g/mol. The van der Waals surface area contributed by atoms with Crippen LogP contribution >= 0.6 is 12.6 Å². The first kappa shape index (κ1) is 9.02. The summed E-state index contributed by atoms with van der Waals surface area (Å²) >= 11 is 4.08. The van der Waals surface area contributed by atoms with Gasteiger partial charge in [0.15, 0.2) is 6.17 Å². The van der Waals surface area contributed by atoms with Gasteiger partial charge >= 0.3 is 0 Å². The highest BCUT2D eigenvalue weighted by Crippen LogP contribution is 2.22. The molecule has 0 fully saturated rings. The molecule has 0 spiro atoms. The van der Waals surface area contributed by atoms with Gasteiger partial charge in [-0.05, 0) is 23.4 Å². The fourth-order valence-electron chi connectivity index (χ4n) is 0.875. The van der Waals surface area contributed by atoms with Gasteiger partial charge in [-0.1, -0.05) is 0 Å². The lowest BCUT2D eigenvalue weighted by Gasteiger charge is -2.07. The highest BCUT2D eigenvalue weighted by molar-refractivity contribution is 7.80. The van der Waals surface area contributed by atoms with E-state index in [-0.39, 0.29) is 0 Å². The number of nitrogens with two attached hydrogens (primary N) is 2. The Hall–Kier alpha value is -1.07. The highest BCUT2D eigenvalue weighted by atomic mass is 32.1. The molecule has 0 bridgehead atoms. The van der Waals surface area contributed by atoms with Crippen LogP contribution in [0.1, 0.15) is 11.7 Å². The third-order valence-corrected chi connectivity index (χ3v) is 1.78. The summed E-state index contributed by atoms with van der Waals surface area (Å²) in [5.74, 6) is 0. The quantitative estimate of drug-likeness (QED) is 0.367. The predicted molar refractivity (Wildman–Crippen MR) is 50.8 cm³/mol. The van der Waals surface area contributed by atoms with E-state index in [0.29, 0.717) is 16.1 Å². The number of rotatable bonds is 2.